The minimum absolute atomic E-state index is 0.0107. The van der Waals surface area contributed by atoms with Gasteiger partial charge in [-0.2, -0.15) is 0 Å². The number of allylic oxidation sites excluding steroid dienone is 1. The summed E-state index contributed by atoms with van der Waals surface area (Å²) in [5.74, 6) is -0.362. The molecule has 4 heteroatoms. The maximum atomic E-state index is 15.1. The number of Topliss-reactive ketones (excluding diaryl/α,β-unsaturated/α-hetero) is 1. The number of hydrogen-bond acceptors (Lipinski definition) is 4. The van der Waals surface area contributed by atoms with Crippen LogP contribution in [0.5, 0.6) is 0 Å². The number of carbonyl (C=O) groups excluding carboxylic acids is 2. The summed E-state index contributed by atoms with van der Waals surface area (Å²) in [5.41, 5.74) is 1.52. The zero-order valence-electron chi connectivity index (χ0n) is 21.7. The summed E-state index contributed by atoms with van der Waals surface area (Å²) in [6.07, 6.45) is 4.06. The van der Waals surface area contributed by atoms with Gasteiger partial charge in [0.1, 0.15) is 6.04 Å². The molecule has 1 aliphatic heterocycles. The van der Waals surface area contributed by atoms with Crippen molar-refractivity contribution in [3.05, 3.63) is 156 Å². The predicted molar refractivity (Wildman–Crippen MR) is 150 cm³/mol. The van der Waals surface area contributed by atoms with Gasteiger partial charge >= 0.3 is 5.97 Å². The Morgan fingerprint density at radius 2 is 1.16 bits per heavy atom. The number of benzene rings is 4. The summed E-state index contributed by atoms with van der Waals surface area (Å²) in [6, 6.07) is 39.2. The molecule has 5 rings (SSSR count). The molecular formula is C34H31NO3. The summed E-state index contributed by atoms with van der Waals surface area (Å²) >= 11 is 0. The van der Waals surface area contributed by atoms with Crippen molar-refractivity contribution >= 4 is 11.8 Å². The zero-order valence-corrected chi connectivity index (χ0v) is 21.7. The number of nitrogens with zero attached hydrogens (tertiary/aromatic N) is 1. The molecule has 0 N–H and O–H groups in total. The van der Waals surface area contributed by atoms with Gasteiger partial charge < -0.3 is 9.64 Å². The summed E-state index contributed by atoms with van der Waals surface area (Å²) in [6.45, 7) is 2.10. The van der Waals surface area contributed by atoms with E-state index in [0.717, 1.165) is 16.7 Å². The van der Waals surface area contributed by atoms with Gasteiger partial charge in [-0.15, -0.1) is 0 Å². The number of rotatable bonds is 7. The van der Waals surface area contributed by atoms with Crippen LogP contribution in [0.25, 0.3) is 0 Å². The van der Waals surface area contributed by atoms with E-state index in [4.69, 9.17) is 4.74 Å². The molecule has 4 aromatic carbocycles. The third-order valence-corrected chi connectivity index (χ3v) is 7.80. The Bertz CT molecular complexity index is 1380. The molecular weight excluding hydrogens is 470 g/mol. The molecule has 0 saturated carbocycles. The number of methoxy groups -OCH3 is 1. The smallest absolute Gasteiger partial charge is 0.328 e. The van der Waals surface area contributed by atoms with Crippen LogP contribution in [0, 0.1) is 0 Å². The molecule has 1 aliphatic rings. The highest BCUT2D eigenvalue weighted by atomic mass is 16.5. The second kappa shape index (κ2) is 10.5. The van der Waals surface area contributed by atoms with Gasteiger partial charge in [-0.25, -0.2) is 4.79 Å². The fraction of sp³-hybridized carbons (Fsp3) is 0.176. The lowest BCUT2D eigenvalue weighted by atomic mass is 9.50. The van der Waals surface area contributed by atoms with Crippen LogP contribution in [0.15, 0.2) is 134 Å². The number of ether oxygens (including phenoxy) is 1. The van der Waals surface area contributed by atoms with E-state index in [1.54, 1.807) is 0 Å². The van der Waals surface area contributed by atoms with E-state index < -0.39 is 16.9 Å². The van der Waals surface area contributed by atoms with E-state index in [9.17, 15) is 4.79 Å². The lowest BCUT2D eigenvalue weighted by Crippen LogP contribution is -2.63. The lowest BCUT2D eigenvalue weighted by Gasteiger charge is -2.54. The van der Waals surface area contributed by atoms with E-state index >= 15 is 4.79 Å². The first-order chi connectivity index (χ1) is 18.5. The van der Waals surface area contributed by atoms with E-state index in [0.29, 0.717) is 5.56 Å². The number of ketones is 1. The van der Waals surface area contributed by atoms with Crippen LogP contribution in [0.1, 0.15) is 34.0 Å². The Hall–Kier alpha value is -4.44. The standard InChI is InChI=1S/C34H31NO3/c1-26(32(37)38-2)35-24-23-33(28-17-9-4-10-18-28,29-19-11-5-12-20-29)34(25-35,30-21-13-6-14-22-30)31(36)27-15-7-3-8-16-27/h3-24,26H,25H2,1-2H3. The van der Waals surface area contributed by atoms with Crippen LogP contribution in [0.4, 0.5) is 0 Å². The Kier molecular flexibility index (Phi) is 6.97. The quantitative estimate of drug-likeness (QED) is 0.224. The molecule has 38 heavy (non-hydrogen) atoms. The van der Waals surface area contributed by atoms with Crippen molar-refractivity contribution in [2.45, 2.75) is 23.8 Å². The Balaban J connectivity index is 1.92. The molecule has 2 atom stereocenters. The van der Waals surface area contributed by atoms with Gasteiger partial charge in [-0.05, 0) is 29.8 Å². The van der Waals surface area contributed by atoms with E-state index in [1.807, 2.05) is 115 Å². The topological polar surface area (TPSA) is 46.6 Å². The van der Waals surface area contributed by atoms with Gasteiger partial charge in [0.05, 0.1) is 17.9 Å². The summed E-state index contributed by atoms with van der Waals surface area (Å²) in [5, 5.41) is 0. The molecule has 4 aromatic rings. The number of hydrogen-bond donors (Lipinski definition) is 0. The molecule has 2 unspecified atom stereocenters. The fourth-order valence-corrected chi connectivity index (χ4v) is 5.89. The third-order valence-electron chi connectivity index (χ3n) is 7.80. The molecule has 0 spiro atoms. The molecule has 0 amide bonds. The Morgan fingerprint density at radius 1 is 0.711 bits per heavy atom. The van der Waals surface area contributed by atoms with Crippen molar-refractivity contribution in [1.82, 2.24) is 4.90 Å². The number of carbonyl (C=O) groups is 2. The fourth-order valence-electron chi connectivity index (χ4n) is 5.89. The summed E-state index contributed by atoms with van der Waals surface area (Å²) in [4.78, 5) is 29.8. The van der Waals surface area contributed by atoms with Crippen molar-refractivity contribution in [2.75, 3.05) is 13.7 Å². The largest absolute Gasteiger partial charge is 0.467 e. The highest BCUT2D eigenvalue weighted by Crippen LogP contribution is 2.54. The first-order valence-electron chi connectivity index (χ1n) is 12.8. The predicted octanol–water partition coefficient (Wildman–Crippen LogP) is 6.18. The van der Waals surface area contributed by atoms with Crippen LogP contribution in [-0.4, -0.2) is 36.3 Å². The van der Waals surface area contributed by atoms with Crippen LogP contribution in [-0.2, 0) is 20.4 Å². The normalized spacial score (nSPS) is 18.9. The average molecular weight is 502 g/mol. The molecule has 0 aliphatic carbocycles. The molecule has 4 nitrogen and oxygen atoms in total. The van der Waals surface area contributed by atoms with Gasteiger partial charge in [0.2, 0.25) is 0 Å². The van der Waals surface area contributed by atoms with Crippen LogP contribution < -0.4 is 0 Å². The zero-order chi connectivity index (χ0) is 26.6. The van der Waals surface area contributed by atoms with Gasteiger partial charge in [-0.3, -0.25) is 4.79 Å². The molecule has 0 saturated heterocycles. The monoisotopic (exact) mass is 501 g/mol. The second-order valence-electron chi connectivity index (χ2n) is 9.69. The molecule has 0 bridgehead atoms. The maximum Gasteiger partial charge on any atom is 0.328 e. The molecule has 190 valence electrons. The van der Waals surface area contributed by atoms with E-state index in [2.05, 4.69) is 30.3 Å². The second-order valence-corrected chi connectivity index (χ2v) is 9.69. The van der Waals surface area contributed by atoms with Crippen molar-refractivity contribution in [3.8, 4) is 0 Å². The van der Waals surface area contributed by atoms with Gasteiger partial charge in [0.15, 0.2) is 5.78 Å². The van der Waals surface area contributed by atoms with Crippen LogP contribution in [0.3, 0.4) is 0 Å². The summed E-state index contributed by atoms with van der Waals surface area (Å²) < 4.78 is 5.11. The molecule has 1 heterocycles. The van der Waals surface area contributed by atoms with Crippen molar-refractivity contribution in [2.24, 2.45) is 0 Å². The maximum absolute atomic E-state index is 15.1. The lowest BCUT2D eigenvalue weighted by molar-refractivity contribution is -0.145. The molecule has 0 aromatic heterocycles. The SMILES string of the molecule is COC(=O)C(C)N1C=CC(c2ccccc2)(c2ccccc2)C(C(=O)c2ccccc2)(c2ccccc2)C1. The minimum atomic E-state index is -1.12. The Morgan fingerprint density at radius 3 is 1.63 bits per heavy atom. The highest BCUT2D eigenvalue weighted by Gasteiger charge is 2.60. The van der Waals surface area contributed by atoms with E-state index in [-0.39, 0.29) is 18.3 Å². The van der Waals surface area contributed by atoms with Crippen molar-refractivity contribution in [1.29, 1.82) is 0 Å². The van der Waals surface area contributed by atoms with E-state index in [1.165, 1.54) is 7.11 Å². The summed E-state index contributed by atoms with van der Waals surface area (Å²) in [7, 11) is 1.39. The Labute approximate surface area is 224 Å². The molecule has 0 fully saturated rings. The third kappa shape index (κ3) is 4.03. The van der Waals surface area contributed by atoms with Crippen molar-refractivity contribution < 1.29 is 14.3 Å². The van der Waals surface area contributed by atoms with Gasteiger partial charge in [0, 0.05) is 12.1 Å². The highest BCUT2D eigenvalue weighted by molar-refractivity contribution is 6.07. The first kappa shape index (κ1) is 25.2. The average Bonchev–Trinajstić information content (AvgIpc) is 3.01. The first-order valence-corrected chi connectivity index (χ1v) is 12.8. The van der Waals surface area contributed by atoms with Crippen LogP contribution in [0.2, 0.25) is 0 Å². The number of esters is 1. The van der Waals surface area contributed by atoms with Crippen LogP contribution >= 0.6 is 0 Å². The molecule has 0 radical (unpaired) electrons. The van der Waals surface area contributed by atoms with Gasteiger partial charge in [-0.1, -0.05) is 127 Å². The van der Waals surface area contributed by atoms with Gasteiger partial charge in [0.25, 0.3) is 0 Å². The minimum Gasteiger partial charge on any atom is -0.467 e. The van der Waals surface area contributed by atoms with Crippen molar-refractivity contribution in [3.63, 3.8) is 0 Å².